The monoisotopic (exact) mass is 350 g/mol. The van der Waals surface area contributed by atoms with Crippen molar-refractivity contribution in [2.75, 3.05) is 11.5 Å². The first-order chi connectivity index (χ1) is 8.37. The number of hydrogen-bond donors (Lipinski definition) is 0. The van der Waals surface area contributed by atoms with Crippen LogP contribution in [0.2, 0.25) is 5.02 Å². The summed E-state index contributed by atoms with van der Waals surface area (Å²) in [6, 6.07) is 5.34. The van der Waals surface area contributed by atoms with Crippen LogP contribution in [0.4, 0.5) is 0 Å². The van der Waals surface area contributed by atoms with E-state index in [2.05, 4.69) is 15.9 Å². The molecule has 0 radical (unpaired) electrons. The normalized spacial score (nSPS) is 22.0. The molecule has 1 aromatic rings. The molecule has 1 unspecified atom stereocenters. The zero-order valence-electron chi connectivity index (χ0n) is 9.53. The van der Waals surface area contributed by atoms with Crippen molar-refractivity contribution >= 4 is 43.2 Å². The van der Waals surface area contributed by atoms with Crippen molar-refractivity contribution in [2.45, 2.75) is 12.8 Å². The lowest BCUT2D eigenvalue weighted by atomic mass is 9.97. The maximum absolute atomic E-state index is 12.0. The van der Waals surface area contributed by atoms with E-state index in [9.17, 15) is 13.2 Å². The van der Waals surface area contributed by atoms with Gasteiger partial charge in [-0.25, -0.2) is 8.42 Å². The summed E-state index contributed by atoms with van der Waals surface area (Å²) in [4.78, 5) is 12.0. The van der Waals surface area contributed by atoms with Crippen LogP contribution < -0.4 is 0 Å². The molecule has 1 fully saturated rings. The molecule has 1 aromatic carbocycles. The van der Waals surface area contributed by atoms with E-state index in [4.69, 9.17) is 11.6 Å². The molecule has 98 valence electrons. The maximum atomic E-state index is 12.0. The van der Waals surface area contributed by atoms with Crippen molar-refractivity contribution < 1.29 is 13.2 Å². The third-order valence-corrected chi connectivity index (χ3v) is 5.68. The SMILES string of the molecule is O=C(Cc1ccc(Br)cc1Cl)C1CCS(=O)(=O)C1. The van der Waals surface area contributed by atoms with Crippen LogP contribution in [-0.2, 0) is 21.1 Å². The van der Waals surface area contributed by atoms with E-state index in [1.54, 1.807) is 12.1 Å². The summed E-state index contributed by atoms with van der Waals surface area (Å²) in [6.45, 7) is 0. The highest BCUT2D eigenvalue weighted by Crippen LogP contribution is 2.25. The van der Waals surface area contributed by atoms with Crippen LogP contribution in [-0.4, -0.2) is 25.7 Å². The van der Waals surface area contributed by atoms with Gasteiger partial charge in [0.1, 0.15) is 5.78 Å². The number of rotatable bonds is 3. The molecule has 0 aliphatic carbocycles. The molecule has 1 heterocycles. The smallest absolute Gasteiger partial charge is 0.151 e. The van der Waals surface area contributed by atoms with Gasteiger partial charge in [-0.1, -0.05) is 33.6 Å². The summed E-state index contributed by atoms with van der Waals surface area (Å²) in [5, 5.41) is 0.526. The van der Waals surface area contributed by atoms with Gasteiger partial charge < -0.3 is 0 Å². The first-order valence-electron chi connectivity index (χ1n) is 5.54. The molecule has 1 atom stereocenters. The van der Waals surface area contributed by atoms with Gasteiger partial charge in [-0.3, -0.25) is 4.79 Å². The van der Waals surface area contributed by atoms with Gasteiger partial charge in [0.05, 0.1) is 11.5 Å². The molecule has 0 bridgehead atoms. The maximum Gasteiger partial charge on any atom is 0.151 e. The van der Waals surface area contributed by atoms with Crippen molar-refractivity contribution in [3.05, 3.63) is 33.3 Å². The van der Waals surface area contributed by atoms with E-state index in [1.165, 1.54) is 0 Å². The Bertz CT molecular complexity index is 583. The molecule has 0 amide bonds. The molecule has 1 aliphatic rings. The Kier molecular flexibility index (Phi) is 4.14. The highest BCUT2D eigenvalue weighted by Gasteiger charge is 2.32. The molecular weight excluding hydrogens is 340 g/mol. The van der Waals surface area contributed by atoms with E-state index in [0.717, 1.165) is 10.0 Å². The lowest BCUT2D eigenvalue weighted by molar-refractivity contribution is -0.121. The van der Waals surface area contributed by atoms with E-state index < -0.39 is 9.84 Å². The first-order valence-corrected chi connectivity index (χ1v) is 8.54. The highest BCUT2D eigenvalue weighted by atomic mass is 79.9. The predicted molar refractivity (Wildman–Crippen MR) is 74.6 cm³/mol. The van der Waals surface area contributed by atoms with Crippen LogP contribution in [0, 0.1) is 5.92 Å². The number of carbonyl (C=O) groups is 1. The molecule has 1 saturated heterocycles. The second-order valence-corrected chi connectivity index (χ2v) is 8.03. The number of Topliss-reactive ketones (excluding diaryl/α,β-unsaturated/α-hetero) is 1. The van der Waals surface area contributed by atoms with Crippen molar-refractivity contribution in [1.82, 2.24) is 0 Å². The van der Waals surface area contributed by atoms with Gasteiger partial charge in [0.2, 0.25) is 0 Å². The largest absolute Gasteiger partial charge is 0.299 e. The van der Waals surface area contributed by atoms with Gasteiger partial charge >= 0.3 is 0 Å². The van der Waals surface area contributed by atoms with E-state index >= 15 is 0 Å². The summed E-state index contributed by atoms with van der Waals surface area (Å²) in [5.74, 6) is -0.299. The summed E-state index contributed by atoms with van der Waals surface area (Å²) >= 11 is 9.33. The van der Waals surface area contributed by atoms with Gasteiger partial charge in [0.25, 0.3) is 0 Å². The topological polar surface area (TPSA) is 51.2 Å². The zero-order valence-corrected chi connectivity index (χ0v) is 12.7. The molecule has 18 heavy (non-hydrogen) atoms. The van der Waals surface area contributed by atoms with Crippen molar-refractivity contribution in [3.63, 3.8) is 0 Å². The second-order valence-electron chi connectivity index (χ2n) is 4.48. The van der Waals surface area contributed by atoms with Crippen molar-refractivity contribution in [3.8, 4) is 0 Å². The number of hydrogen-bond acceptors (Lipinski definition) is 3. The molecule has 2 rings (SSSR count). The van der Waals surface area contributed by atoms with Crippen molar-refractivity contribution in [1.29, 1.82) is 0 Å². The summed E-state index contributed by atoms with van der Waals surface area (Å²) in [5.41, 5.74) is 0.745. The fourth-order valence-electron chi connectivity index (χ4n) is 2.05. The Balaban J connectivity index is 2.08. The number of halogens is 2. The molecule has 1 aliphatic heterocycles. The van der Waals surface area contributed by atoms with Gasteiger partial charge in [0, 0.05) is 21.8 Å². The lowest BCUT2D eigenvalue weighted by Gasteiger charge is -2.08. The Hall–Kier alpha value is -0.390. The third-order valence-electron chi connectivity index (χ3n) is 3.07. The standard InChI is InChI=1S/C12H12BrClO3S/c13-10-2-1-8(11(14)6-10)5-12(15)9-3-4-18(16,17)7-9/h1-2,6,9H,3-5,7H2. The minimum atomic E-state index is -3.01. The fourth-order valence-corrected chi connectivity index (χ4v) is 4.56. The van der Waals surface area contributed by atoms with E-state index in [0.29, 0.717) is 11.4 Å². The Morgan fingerprint density at radius 3 is 2.72 bits per heavy atom. The molecule has 0 spiro atoms. The molecule has 0 aromatic heterocycles. The molecule has 0 N–H and O–H groups in total. The zero-order chi connectivity index (χ0) is 13.3. The van der Waals surface area contributed by atoms with Crippen LogP contribution in [0.15, 0.2) is 22.7 Å². The first kappa shape index (κ1) is 14.0. The lowest BCUT2D eigenvalue weighted by Crippen LogP contribution is -2.18. The average Bonchev–Trinajstić information content (AvgIpc) is 2.63. The van der Waals surface area contributed by atoms with Crippen LogP contribution in [0.3, 0.4) is 0 Å². The second kappa shape index (κ2) is 5.31. The van der Waals surface area contributed by atoms with Gasteiger partial charge in [-0.2, -0.15) is 0 Å². The number of sulfone groups is 1. The molecule has 3 nitrogen and oxygen atoms in total. The molecular formula is C12H12BrClO3S. The number of carbonyl (C=O) groups excluding carboxylic acids is 1. The molecule has 0 saturated carbocycles. The van der Waals surface area contributed by atoms with Gasteiger partial charge in [-0.15, -0.1) is 0 Å². The van der Waals surface area contributed by atoms with Crippen LogP contribution >= 0.6 is 27.5 Å². The fraction of sp³-hybridized carbons (Fsp3) is 0.417. The predicted octanol–water partition coefficient (Wildman–Crippen LogP) is 2.65. The summed E-state index contributed by atoms with van der Waals surface area (Å²) in [6.07, 6.45) is 0.640. The van der Waals surface area contributed by atoms with Crippen molar-refractivity contribution in [2.24, 2.45) is 5.92 Å². The van der Waals surface area contributed by atoms with Gasteiger partial charge in [0.15, 0.2) is 9.84 Å². The Morgan fingerprint density at radius 2 is 2.17 bits per heavy atom. The number of benzene rings is 1. The van der Waals surface area contributed by atoms with Crippen LogP contribution in [0.5, 0.6) is 0 Å². The average molecular weight is 352 g/mol. The number of ketones is 1. The Morgan fingerprint density at radius 1 is 1.44 bits per heavy atom. The van der Waals surface area contributed by atoms with E-state index in [-0.39, 0.29) is 29.6 Å². The Labute approximate surface area is 120 Å². The quantitative estimate of drug-likeness (QED) is 0.841. The highest BCUT2D eigenvalue weighted by molar-refractivity contribution is 9.10. The van der Waals surface area contributed by atoms with Crippen LogP contribution in [0.1, 0.15) is 12.0 Å². The third kappa shape index (κ3) is 3.33. The molecule has 6 heteroatoms. The minimum absolute atomic E-state index is 0.0139. The minimum Gasteiger partial charge on any atom is -0.299 e. The van der Waals surface area contributed by atoms with Gasteiger partial charge in [-0.05, 0) is 24.1 Å². The summed E-state index contributed by atoms with van der Waals surface area (Å²) < 4.78 is 23.5. The summed E-state index contributed by atoms with van der Waals surface area (Å²) in [7, 11) is -3.01. The van der Waals surface area contributed by atoms with E-state index in [1.807, 2.05) is 6.07 Å². The van der Waals surface area contributed by atoms with Crippen LogP contribution in [0.25, 0.3) is 0 Å².